The van der Waals surface area contributed by atoms with Crippen LogP contribution in [0.5, 0.6) is 0 Å². The van der Waals surface area contributed by atoms with Crippen LogP contribution in [-0.2, 0) is 4.79 Å². The zero-order chi connectivity index (χ0) is 10.0. The summed E-state index contributed by atoms with van der Waals surface area (Å²) in [5, 5.41) is 17.7. The van der Waals surface area contributed by atoms with Gasteiger partial charge in [-0.3, -0.25) is 0 Å². The molecule has 4 nitrogen and oxygen atoms in total. The maximum absolute atomic E-state index is 12.8. The fourth-order valence-corrected chi connectivity index (χ4v) is 1.63. The van der Waals surface area contributed by atoms with Crippen LogP contribution in [0, 0.1) is 5.92 Å². The van der Waals surface area contributed by atoms with E-state index in [1.165, 1.54) is 0 Å². The lowest BCUT2D eigenvalue weighted by atomic mass is 9.98. The van der Waals surface area contributed by atoms with Crippen molar-refractivity contribution in [1.82, 2.24) is 4.90 Å². The Hall–Kier alpha value is -0.680. The van der Waals surface area contributed by atoms with Gasteiger partial charge in [0.1, 0.15) is 6.10 Å². The van der Waals surface area contributed by atoms with E-state index in [4.69, 9.17) is 5.11 Å². The number of nitrogens with zero attached hydrogens (tertiary/aromatic N) is 1. The average molecular weight is 191 g/mol. The zero-order valence-electron chi connectivity index (χ0n) is 7.48. The SMILES string of the molecule is CN1CCC(C(O)C(F)C(=O)O)C1. The molecule has 1 aliphatic heterocycles. The molecule has 3 atom stereocenters. The molecular formula is C8H14FNO3. The van der Waals surface area contributed by atoms with Crippen molar-refractivity contribution in [3.63, 3.8) is 0 Å². The maximum atomic E-state index is 12.8. The van der Waals surface area contributed by atoms with Crippen molar-refractivity contribution in [3.8, 4) is 0 Å². The van der Waals surface area contributed by atoms with Crippen molar-refractivity contribution in [3.05, 3.63) is 0 Å². The third kappa shape index (κ3) is 2.38. The van der Waals surface area contributed by atoms with Crippen molar-refractivity contribution in [2.24, 2.45) is 5.92 Å². The van der Waals surface area contributed by atoms with Gasteiger partial charge in [-0.25, -0.2) is 9.18 Å². The minimum absolute atomic E-state index is 0.254. The Morgan fingerprint density at radius 3 is 2.69 bits per heavy atom. The number of carboxylic acid groups (broad SMARTS) is 1. The number of rotatable bonds is 3. The molecule has 1 heterocycles. The molecular weight excluding hydrogens is 177 g/mol. The fraction of sp³-hybridized carbons (Fsp3) is 0.875. The van der Waals surface area contributed by atoms with Crippen LogP contribution in [0.3, 0.4) is 0 Å². The van der Waals surface area contributed by atoms with Gasteiger partial charge in [-0.15, -0.1) is 0 Å². The second-order valence-corrected chi connectivity index (χ2v) is 3.54. The molecule has 0 bridgehead atoms. The van der Waals surface area contributed by atoms with Crippen molar-refractivity contribution >= 4 is 5.97 Å². The van der Waals surface area contributed by atoms with Crippen LogP contribution < -0.4 is 0 Å². The highest BCUT2D eigenvalue weighted by atomic mass is 19.1. The molecule has 13 heavy (non-hydrogen) atoms. The minimum atomic E-state index is -2.16. The van der Waals surface area contributed by atoms with Gasteiger partial charge in [0.25, 0.3) is 0 Å². The van der Waals surface area contributed by atoms with Crippen LogP contribution in [0.15, 0.2) is 0 Å². The average Bonchev–Trinajstić information content (AvgIpc) is 2.49. The third-order valence-corrected chi connectivity index (χ3v) is 2.45. The predicted octanol–water partition coefficient (Wildman–Crippen LogP) is -0.278. The first-order valence-electron chi connectivity index (χ1n) is 4.26. The smallest absolute Gasteiger partial charge is 0.341 e. The summed E-state index contributed by atoms with van der Waals surface area (Å²) >= 11 is 0. The van der Waals surface area contributed by atoms with Gasteiger partial charge >= 0.3 is 5.97 Å². The highest BCUT2D eigenvalue weighted by molar-refractivity contribution is 5.72. The standard InChI is InChI=1S/C8H14FNO3/c1-10-3-2-5(4-10)7(11)6(9)8(12)13/h5-7,11H,2-4H2,1H3,(H,12,13). The maximum Gasteiger partial charge on any atom is 0.341 e. The third-order valence-electron chi connectivity index (χ3n) is 2.45. The van der Waals surface area contributed by atoms with E-state index in [9.17, 15) is 14.3 Å². The predicted molar refractivity (Wildman–Crippen MR) is 44.1 cm³/mol. The fourth-order valence-electron chi connectivity index (χ4n) is 1.63. The number of alkyl halides is 1. The molecule has 1 rings (SSSR count). The second-order valence-electron chi connectivity index (χ2n) is 3.54. The first-order chi connectivity index (χ1) is 6.02. The number of carboxylic acids is 1. The number of likely N-dealkylation sites (tertiary alicyclic amines) is 1. The Morgan fingerprint density at radius 1 is 1.69 bits per heavy atom. The molecule has 0 saturated carbocycles. The van der Waals surface area contributed by atoms with Crippen LogP contribution in [0.4, 0.5) is 4.39 Å². The lowest BCUT2D eigenvalue weighted by Crippen LogP contribution is -2.37. The van der Waals surface area contributed by atoms with E-state index in [2.05, 4.69) is 0 Å². The second kappa shape index (κ2) is 4.02. The first-order valence-corrected chi connectivity index (χ1v) is 4.26. The molecule has 0 aromatic rings. The number of aliphatic carboxylic acids is 1. The summed E-state index contributed by atoms with van der Waals surface area (Å²) in [5.41, 5.74) is 0. The Bertz CT molecular complexity index is 200. The van der Waals surface area contributed by atoms with Gasteiger partial charge in [-0.2, -0.15) is 0 Å². The summed E-state index contributed by atoms with van der Waals surface area (Å²) in [6.07, 6.45) is -2.87. The first kappa shape index (κ1) is 10.4. The van der Waals surface area contributed by atoms with Crippen LogP contribution >= 0.6 is 0 Å². The number of hydrogen-bond acceptors (Lipinski definition) is 3. The van der Waals surface area contributed by atoms with E-state index in [-0.39, 0.29) is 5.92 Å². The molecule has 0 amide bonds. The summed E-state index contributed by atoms with van der Waals surface area (Å²) in [6.45, 7) is 1.35. The van der Waals surface area contributed by atoms with E-state index in [1.54, 1.807) is 0 Å². The highest BCUT2D eigenvalue weighted by Gasteiger charge is 2.35. The number of aliphatic hydroxyl groups is 1. The molecule has 0 aliphatic carbocycles. The van der Waals surface area contributed by atoms with Gasteiger partial charge in [0, 0.05) is 12.5 Å². The summed E-state index contributed by atoms with van der Waals surface area (Å²) in [4.78, 5) is 12.2. The number of carbonyl (C=O) groups is 1. The normalized spacial score (nSPS) is 28.7. The molecule has 1 saturated heterocycles. The summed E-state index contributed by atoms with van der Waals surface area (Å²) < 4.78 is 12.8. The Morgan fingerprint density at radius 2 is 2.31 bits per heavy atom. The molecule has 2 N–H and O–H groups in total. The summed E-state index contributed by atoms with van der Waals surface area (Å²) in [5.74, 6) is -1.84. The molecule has 5 heteroatoms. The van der Waals surface area contributed by atoms with Gasteiger partial charge in [-0.1, -0.05) is 0 Å². The molecule has 76 valence electrons. The quantitative estimate of drug-likeness (QED) is 0.644. The van der Waals surface area contributed by atoms with Crippen LogP contribution in [0.25, 0.3) is 0 Å². The van der Waals surface area contributed by atoms with Gasteiger partial charge in [-0.05, 0) is 20.0 Å². The van der Waals surface area contributed by atoms with E-state index in [0.717, 1.165) is 6.54 Å². The Balaban J connectivity index is 2.47. The van der Waals surface area contributed by atoms with Crippen LogP contribution in [-0.4, -0.2) is 53.5 Å². The van der Waals surface area contributed by atoms with Crippen molar-refractivity contribution < 1.29 is 19.4 Å². The lowest BCUT2D eigenvalue weighted by molar-refractivity contribution is -0.148. The Labute approximate surface area is 76.0 Å². The van der Waals surface area contributed by atoms with E-state index >= 15 is 0 Å². The molecule has 0 spiro atoms. The van der Waals surface area contributed by atoms with Crippen molar-refractivity contribution in [2.45, 2.75) is 18.7 Å². The van der Waals surface area contributed by atoms with E-state index in [0.29, 0.717) is 13.0 Å². The van der Waals surface area contributed by atoms with Gasteiger partial charge in [0.2, 0.25) is 6.17 Å². The van der Waals surface area contributed by atoms with Gasteiger partial charge in [0.05, 0.1) is 0 Å². The number of aliphatic hydroxyl groups excluding tert-OH is 1. The largest absolute Gasteiger partial charge is 0.479 e. The van der Waals surface area contributed by atoms with Crippen LogP contribution in [0.1, 0.15) is 6.42 Å². The molecule has 1 aliphatic rings. The van der Waals surface area contributed by atoms with E-state index in [1.807, 2.05) is 11.9 Å². The molecule has 3 unspecified atom stereocenters. The monoisotopic (exact) mass is 191 g/mol. The van der Waals surface area contributed by atoms with Gasteiger partial charge in [0.15, 0.2) is 0 Å². The van der Waals surface area contributed by atoms with Crippen LogP contribution in [0.2, 0.25) is 0 Å². The molecule has 1 fully saturated rings. The highest BCUT2D eigenvalue weighted by Crippen LogP contribution is 2.21. The topological polar surface area (TPSA) is 60.8 Å². The molecule has 0 radical (unpaired) electrons. The lowest BCUT2D eigenvalue weighted by Gasteiger charge is -2.18. The van der Waals surface area contributed by atoms with Crippen molar-refractivity contribution in [2.75, 3.05) is 20.1 Å². The Kier molecular flexibility index (Phi) is 3.22. The zero-order valence-corrected chi connectivity index (χ0v) is 7.48. The van der Waals surface area contributed by atoms with Gasteiger partial charge < -0.3 is 15.1 Å². The van der Waals surface area contributed by atoms with E-state index < -0.39 is 18.2 Å². The molecule has 0 aromatic heterocycles. The summed E-state index contributed by atoms with van der Waals surface area (Å²) in [6, 6.07) is 0. The van der Waals surface area contributed by atoms with Crippen molar-refractivity contribution in [1.29, 1.82) is 0 Å². The number of halogens is 1. The molecule has 0 aromatic carbocycles. The summed E-state index contributed by atoms with van der Waals surface area (Å²) in [7, 11) is 1.86. The minimum Gasteiger partial charge on any atom is -0.479 e. The number of hydrogen-bond donors (Lipinski definition) is 2.